The van der Waals surface area contributed by atoms with Gasteiger partial charge in [0.05, 0.1) is 22.5 Å². The number of benzene rings is 11. The van der Waals surface area contributed by atoms with Gasteiger partial charge in [-0.2, -0.15) is 0 Å². The predicted octanol–water partition coefficient (Wildman–Crippen LogP) is 16.9. The van der Waals surface area contributed by atoms with Crippen LogP contribution in [0.25, 0.3) is 66.1 Å². The molecule has 0 saturated carbocycles. The van der Waals surface area contributed by atoms with E-state index in [0.29, 0.717) is 0 Å². The van der Waals surface area contributed by atoms with Crippen LogP contribution < -0.4 is 9.64 Å². The maximum atomic E-state index is 6.74. The Kier molecular flexibility index (Phi) is 8.47. The molecule has 304 valence electrons. The molecule has 11 aromatic carbocycles. The molecule has 11 aromatic rings. The molecule has 1 spiro atoms. The van der Waals surface area contributed by atoms with Crippen molar-refractivity contribution in [1.29, 1.82) is 0 Å². The third-order valence-corrected chi connectivity index (χ3v) is 13.7. The zero-order valence-electron chi connectivity index (χ0n) is 35.5. The summed E-state index contributed by atoms with van der Waals surface area (Å²) in [6.45, 7) is 0. The van der Waals surface area contributed by atoms with E-state index in [2.05, 4.69) is 254 Å². The molecule has 1 aliphatic carbocycles. The first-order valence-electron chi connectivity index (χ1n) is 22.4. The first-order chi connectivity index (χ1) is 32.3. The number of rotatable bonds is 6. The molecular formula is C63H41NO. The van der Waals surface area contributed by atoms with Crippen molar-refractivity contribution in [2.75, 3.05) is 4.90 Å². The lowest BCUT2D eigenvalue weighted by Crippen LogP contribution is -2.32. The Balaban J connectivity index is 1.14. The minimum absolute atomic E-state index is 0.613. The molecule has 2 heteroatoms. The maximum Gasteiger partial charge on any atom is 0.132 e. The molecule has 0 saturated heterocycles. The van der Waals surface area contributed by atoms with Gasteiger partial charge in [0, 0.05) is 27.6 Å². The standard InChI is InChI=1S/C63H41NO/c1-2-21-42(22-3-1)44-24-6-7-26-46(44)48-28-8-9-29-49(48)50-30-13-17-37-57(50)64(59-41-43-23-4-5-25-45(43)47-27-10-11-31-51(47)59)58-38-20-36-56-62(58)52-32-12-14-33-53(52)63(56)54-34-15-18-39-60(54)65-61-40-19-16-35-55(61)63/h1-41H. The zero-order valence-corrected chi connectivity index (χ0v) is 35.5. The smallest absolute Gasteiger partial charge is 0.132 e. The van der Waals surface area contributed by atoms with Crippen molar-refractivity contribution in [3.63, 3.8) is 0 Å². The van der Waals surface area contributed by atoms with Gasteiger partial charge >= 0.3 is 0 Å². The zero-order chi connectivity index (χ0) is 42.9. The number of fused-ring (bicyclic) bond motifs is 12. The average molecular weight is 828 g/mol. The molecule has 0 bridgehead atoms. The summed E-state index contributed by atoms with van der Waals surface area (Å²) in [6.07, 6.45) is 0. The highest BCUT2D eigenvalue weighted by Crippen LogP contribution is 2.64. The Hall–Kier alpha value is -8.46. The molecule has 2 nitrogen and oxygen atoms in total. The van der Waals surface area contributed by atoms with E-state index in [0.717, 1.165) is 45.3 Å². The Bertz CT molecular complexity index is 3620. The van der Waals surface area contributed by atoms with Crippen LogP contribution in [0.2, 0.25) is 0 Å². The molecule has 0 N–H and O–H groups in total. The van der Waals surface area contributed by atoms with Gasteiger partial charge < -0.3 is 9.64 Å². The van der Waals surface area contributed by atoms with Crippen LogP contribution in [0.5, 0.6) is 11.5 Å². The summed E-state index contributed by atoms with van der Waals surface area (Å²) in [5, 5.41) is 4.83. The van der Waals surface area contributed by atoms with Gasteiger partial charge in [0.1, 0.15) is 11.5 Å². The average Bonchev–Trinajstić information content (AvgIpc) is 3.68. The molecule has 1 heterocycles. The second-order valence-electron chi connectivity index (χ2n) is 17.1. The van der Waals surface area contributed by atoms with Crippen molar-refractivity contribution in [3.05, 3.63) is 271 Å². The van der Waals surface area contributed by atoms with Crippen LogP contribution in [-0.2, 0) is 5.41 Å². The van der Waals surface area contributed by atoms with Crippen molar-refractivity contribution in [3.8, 4) is 56.0 Å². The van der Waals surface area contributed by atoms with E-state index < -0.39 is 5.41 Å². The number of para-hydroxylation sites is 3. The molecule has 0 radical (unpaired) electrons. The van der Waals surface area contributed by atoms with E-state index in [1.807, 2.05) is 0 Å². The van der Waals surface area contributed by atoms with E-state index in [1.54, 1.807) is 0 Å². The molecule has 2 aliphatic rings. The van der Waals surface area contributed by atoms with Gasteiger partial charge in [-0.1, -0.05) is 218 Å². The van der Waals surface area contributed by atoms with Crippen molar-refractivity contribution in [2.45, 2.75) is 5.41 Å². The molecule has 0 unspecified atom stereocenters. The van der Waals surface area contributed by atoms with E-state index in [-0.39, 0.29) is 0 Å². The van der Waals surface area contributed by atoms with Crippen molar-refractivity contribution >= 4 is 38.6 Å². The van der Waals surface area contributed by atoms with Gasteiger partial charge in [0.2, 0.25) is 0 Å². The van der Waals surface area contributed by atoms with Crippen LogP contribution in [0.15, 0.2) is 249 Å². The Morgan fingerprint density at radius 1 is 0.292 bits per heavy atom. The summed E-state index contributed by atoms with van der Waals surface area (Å²) in [4.78, 5) is 2.57. The third-order valence-electron chi connectivity index (χ3n) is 13.7. The second-order valence-corrected chi connectivity index (χ2v) is 17.1. The Morgan fingerprint density at radius 2 is 0.769 bits per heavy atom. The van der Waals surface area contributed by atoms with Crippen molar-refractivity contribution < 1.29 is 4.74 Å². The van der Waals surface area contributed by atoms with E-state index >= 15 is 0 Å². The van der Waals surface area contributed by atoms with E-state index in [1.165, 1.54) is 71.6 Å². The molecule has 0 fully saturated rings. The van der Waals surface area contributed by atoms with Crippen LogP contribution in [0, 0.1) is 0 Å². The minimum atomic E-state index is -0.613. The SMILES string of the molecule is c1ccc(-c2ccccc2-c2ccccc2-c2ccccc2N(c2cccc3c2-c2ccccc2C32c3ccccc3Oc3ccccc32)c2cc3ccccc3c3ccccc23)cc1. The molecule has 0 amide bonds. The fourth-order valence-corrected chi connectivity index (χ4v) is 11.1. The summed E-state index contributed by atoms with van der Waals surface area (Å²) >= 11 is 0. The molecule has 0 aromatic heterocycles. The van der Waals surface area contributed by atoms with Crippen LogP contribution in [0.1, 0.15) is 22.3 Å². The predicted molar refractivity (Wildman–Crippen MR) is 270 cm³/mol. The lowest BCUT2D eigenvalue weighted by molar-refractivity contribution is 0.436. The summed E-state index contributed by atoms with van der Waals surface area (Å²) < 4.78 is 6.74. The fraction of sp³-hybridized carbons (Fsp3) is 0.0159. The fourth-order valence-electron chi connectivity index (χ4n) is 11.1. The van der Waals surface area contributed by atoms with Gasteiger partial charge in [-0.25, -0.2) is 0 Å². The van der Waals surface area contributed by atoms with Crippen LogP contribution >= 0.6 is 0 Å². The van der Waals surface area contributed by atoms with Crippen molar-refractivity contribution in [1.82, 2.24) is 0 Å². The quantitative estimate of drug-likeness (QED) is 0.155. The molecular weight excluding hydrogens is 787 g/mol. The molecule has 65 heavy (non-hydrogen) atoms. The number of ether oxygens (including phenoxy) is 1. The second kappa shape index (κ2) is 14.8. The van der Waals surface area contributed by atoms with Crippen LogP contribution in [0.4, 0.5) is 17.1 Å². The summed E-state index contributed by atoms with van der Waals surface area (Å²) in [7, 11) is 0. The molecule has 0 atom stereocenters. The van der Waals surface area contributed by atoms with Crippen LogP contribution in [-0.4, -0.2) is 0 Å². The minimum Gasteiger partial charge on any atom is -0.457 e. The maximum absolute atomic E-state index is 6.74. The summed E-state index contributed by atoms with van der Waals surface area (Å²) in [5.41, 5.74) is 17.0. The van der Waals surface area contributed by atoms with Gasteiger partial charge in [-0.15, -0.1) is 0 Å². The third kappa shape index (κ3) is 5.54. The first-order valence-corrected chi connectivity index (χ1v) is 22.4. The number of anilines is 3. The Morgan fingerprint density at radius 3 is 1.49 bits per heavy atom. The first kappa shape index (κ1) is 37.1. The van der Waals surface area contributed by atoms with Gasteiger partial charge in [-0.05, 0) is 91.0 Å². The lowest BCUT2D eigenvalue weighted by Gasteiger charge is -2.39. The molecule has 13 rings (SSSR count). The summed E-state index contributed by atoms with van der Waals surface area (Å²) in [6, 6.07) is 90.8. The molecule has 1 aliphatic heterocycles. The number of nitrogens with zero attached hydrogens (tertiary/aromatic N) is 1. The highest BCUT2D eigenvalue weighted by atomic mass is 16.5. The van der Waals surface area contributed by atoms with E-state index in [4.69, 9.17) is 4.74 Å². The monoisotopic (exact) mass is 827 g/mol. The van der Waals surface area contributed by atoms with Gasteiger partial charge in [0.15, 0.2) is 0 Å². The summed E-state index contributed by atoms with van der Waals surface area (Å²) in [5.74, 6) is 1.77. The Labute approximate surface area is 378 Å². The lowest BCUT2D eigenvalue weighted by atomic mass is 9.66. The normalized spacial score (nSPS) is 12.9. The van der Waals surface area contributed by atoms with Gasteiger partial charge in [-0.3, -0.25) is 0 Å². The topological polar surface area (TPSA) is 12.5 Å². The van der Waals surface area contributed by atoms with E-state index in [9.17, 15) is 0 Å². The van der Waals surface area contributed by atoms with Crippen LogP contribution in [0.3, 0.4) is 0 Å². The number of hydrogen-bond donors (Lipinski definition) is 0. The highest BCUT2D eigenvalue weighted by Gasteiger charge is 2.52. The van der Waals surface area contributed by atoms with Gasteiger partial charge in [0.25, 0.3) is 0 Å². The van der Waals surface area contributed by atoms with Crippen molar-refractivity contribution in [2.24, 2.45) is 0 Å². The highest BCUT2D eigenvalue weighted by molar-refractivity contribution is 6.16. The number of hydrogen-bond acceptors (Lipinski definition) is 2. The largest absolute Gasteiger partial charge is 0.457 e.